The fraction of sp³-hybridized carbons (Fsp3) is 0.625. The number of hydrogen-bond acceptors (Lipinski definition) is 2. The molecule has 2 nitrogen and oxygen atoms in total. The number of hydrogen-bond donors (Lipinski definition) is 1. The molecule has 0 amide bonds. The van der Waals surface area contributed by atoms with Crippen LogP contribution in [0.2, 0.25) is 0 Å². The zero-order valence-electron chi connectivity index (χ0n) is 12.0. The van der Waals surface area contributed by atoms with E-state index in [1.165, 1.54) is 36.1 Å². The molecule has 0 radical (unpaired) electrons. The second-order valence-electron chi connectivity index (χ2n) is 5.49. The fourth-order valence-electron chi connectivity index (χ4n) is 2.78. The second-order valence-corrected chi connectivity index (χ2v) is 5.49. The largest absolute Gasteiger partial charge is 0.315 e. The molecule has 0 aliphatic carbocycles. The summed E-state index contributed by atoms with van der Waals surface area (Å²) in [6.07, 6.45) is 2.69. The van der Waals surface area contributed by atoms with Gasteiger partial charge in [0, 0.05) is 19.1 Å². The van der Waals surface area contributed by atoms with E-state index in [-0.39, 0.29) is 0 Å². The van der Waals surface area contributed by atoms with Gasteiger partial charge in [-0.15, -0.1) is 0 Å². The van der Waals surface area contributed by atoms with Crippen LogP contribution in [0, 0.1) is 13.8 Å². The van der Waals surface area contributed by atoms with Crippen molar-refractivity contribution in [3.05, 3.63) is 34.9 Å². The zero-order chi connectivity index (χ0) is 13.0. The molecule has 1 fully saturated rings. The summed E-state index contributed by atoms with van der Waals surface area (Å²) in [7, 11) is 0. The van der Waals surface area contributed by atoms with Crippen LogP contribution in [0.15, 0.2) is 18.2 Å². The smallest absolute Gasteiger partial charge is 0.0237 e. The highest BCUT2D eigenvalue weighted by atomic mass is 15.2. The van der Waals surface area contributed by atoms with Crippen molar-refractivity contribution in [3.63, 3.8) is 0 Å². The third kappa shape index (κ3) is 3.33. The zero-order valence-corrected chi connectivity index (χ0v) is 12.0. The molecular weight excluding hydrogens is 220 g/mol. The van der Waals surface area contributed by atoms with Crippen molar-refractivity contribution in [2.75, 3.05) is 19.6 Å². The van der Waals surface area contributed by atoms with Crippen LogP contribution in [0.4, 0.5) is 0 Å². The van der Waals surface area contributed by atoms with Gasteiger partial charge < -0.3 is 5.32 Å². The molecule has 1 saturated heterocycles. The van der Waals surface area contributed by atoms with Crippen molar-refractivity contribution in [2.24, 2.45) is 0 Å². The summed E-state index contributed by atoms with van der Waals surface area (Å²) in [4.78, 5) is 2.63. The van der Waals surface area contributed by atoms with E-state index < -0.39 is 0 Å². The Hall–Kier alpha value is -0.860. The van der Waals surface area contributed by atoms with Crippen molar-refractivity contribution >= 4 is 0 Å². The number of rotatable bonds is 5. The number of benzene rings is 1. The van der Waals surface area contributed by atoms with E-state index in [0.29, 0.717) is 0 Å². The molecule has 1 atom stereocenters. The van der Waals surface area contributed by atoms with Crippen LogP contribution in [0.3, 0.4) is 0 Å². The second kappa shape index (κ2) is 6.35. The van der Waals surface area contributed by atoms with Gasteiger partial charge in [-0.05, 0) is 56.5 Å². The molecule has 18 heavy (non-hydrogen) atoms. The molecule has 1 aliphatic rings. The summed E-state index contributed by atoms with van der Waals surface area (Å²) >= 11 is 0. The fourth-order valence-corrected chi connectivity index (χ4v) is 2.78. The first-order chi connectivity index (χ1) is 8.70. The first-order valence-electron chi connectivity index (χ1n) is 7.21. The average Bonchev–Trinajstić information content (AvgIpc) is 2.79. The van der Waals surface area contributed by atoms with Crippen molar-refractivity contribution in [1.82, 2.24) is 10.2 Å². The molecule has 100 valence electrons. The van der Waals surface area contributed by atoms with E-state index in [1.807, 2.05) is 0 Å². The quantitative estimate of drug-likeness (QED) is 0.859. The topological polar surface area (TPSA) is 15.3 Å². The maximum atomic E-state index is 3.48. The summed E-state index contributed by atoms with van der Waals surface area (Å²) in [5.74, 6) is 0. The van der Waals surface area contributed by atoms with Gasteiger partial charge in [0.15, 0.2) is 0 Å². The Balaban J connectivity index is 1.96. The Morgan fingerprint density at radius 1 is 1.28 bits per heavy atom. The highest BCUT2D eigenvalue weighted by Gasteiger charge is 2.23. The first-order valence-corrected chi connectivity index (χ1v) is 7.21. The first kappa shape index (κ1) is 13.6. The number of nitrogens with zero attached hydrogens (tertiary/aromatic N) is 1. The van der Waals surface area contributed by atoms with Gasteiger partial charge in [0.05, 0.1) is 0 Å². The summed E-state index contributed by atoms with van der Waals surface area (Å²) in [6.45, 7) is 11.2. The van der Waals surface area contributed by atoms with Crippen LogP contribution in [0.25, 0.3) is 0 Å². The average molecular weight is 246 g/mol. The number of aryl methyl sites for hydroxylation is 2. The van der Waals surface area contributed by atoms with Crippen LogP contribution < -0.4 is 5.32 Å². The molecule has 1 aromatic carbocycles. The third-order valence-corrected chi connectivity index (χ3v) is 4.09. The molecule has 2 heteroatoms. The lowest BCUT2D eigenvalue weighted by molar-refractivity contribution is 0.240. The van der Waals surface area contributed by atoms with Gasteiger partial charge in [-0.25, -0.2) is 0 Å². The minimum absolute atomic E-state index is 0.728. The normalized spacial score (nSPS) is 20.5. The summed E-state index contributed by atoms with van der Waals surface area (Å²) in [6, 6.07) is 7.61. The molecule has 1 aromatic rings. The van der Waals surface area contributed by atoms with Crippen LogP contribution >= 0.6 is 0 Å². The molecule has 1 N–H and O–H groups in total. The number of likely N-dealkylation sites (N-methyl/N-ethyl adjacent to an activating group) is 1. The Bertz CT molecular complexity index is 387. The van der Waals surface area contributed by atoms with Gasteiger partial charge >= 0.3 is 0 Å². The van der Waals surface area contributed by atoms with Gasteiger partial charge in [-0.2, -0.15) is 0 Å². The SMILES string of the molecule is CCNCC1CCCN1Cc1ccc(C)c(C)c1. The monoisotopic (exact) mass is 246 g/mol. The molecule has 2 rings (SSSR count). The molecule has 0 bridgehead atoms. The molecule has 1 aliphatic heterocycles. The maximum Gasteiger partial charge on any atom is 0.0237 e. The summed E-state index contributed by atoms with van der Waals surface area (Å²) in [5, 5.41) is 3.48. The van der Waals surface area contributed by atoms with Crippen LogP contribution in [0.5, 0.6) is 0 Å². The standard InChI is InChI=1S/C16H26N2/c1-4-17-11-16-6-5-9-18(16)12-15-8-7-13(2)14(3)10-15/h7-8,10,16-17H,4-6,9,11-12H2,1-3H3. The van der Waals surface area contributed by atoms with Gasteiger partial charge in [0.1, 0.15) is 0 Å². The molecule has 0 spiro atoms. The van der Waals surface area contributed by atoms with Gasteiger partial charge in [0.25, 0.3) is 0 Å². The van der Waals surface area contributed by atoms with E-state index in [0.717, 1.165) is 25.7 Å². The van der Waals surface area contributed by atoms with Crippen LogP contribution in [-0.4, -0.2) is 30.6 Å². The van der Waals surface area contributed by atoms with E-state index >= 15 is 0 Å². The summed E-state index contributed by atoms with van der Waals surface area (Å²) < 4.78 is 0. The highest BCUT2D eigenvalue weighted by molar-refractivity contribution is 5.29. The predicted molar refractivity (Wildman–Crippen MR) is 77.9 cm³/mol. The van der Waals surface area contributed by atoms with Crippen molar-refractivity contribution in [1.29, 1.82) is 0 Å². The van der Waals surface area contributed by atoms with Crippen LogP contribution in [-0.2, 0) is 6.54 Å². The highest BCUT2D eigenvalue weighted by Crippen LogP contribution is 2.20. The molecule has 1 unspecified atom stereocenters. The Morgan fingerprint density at radius 3 is 2.83 bits per heavy atom. The van der Waals surface area contributed by atoms with E-state index in [4.69, 9.17) is 0 Å². The predicted octanol–water partition coefficient (Wildman–Crippen LogP) is 2.88. The van der Waals surface area contributed by atoms with Crippen molar-refractivity contribution in [2.45, 2.75) is 46.2 Å². The summed E-state index contributed by atoms with van der Waals surface area (Å²) in [5.41, 5.74) is 4.26. The lowest BCUT2D eigenvalue weighted by Gasteiger charge is -2.25. The van der Waals surface area contributed by atoms with Crippen molar-refractivity contribution < 1.29 is 0 Å². The van der Waals surface area contributed by atoms with Gasteiger partial charge in [-0.1, -0.05) is 25.1 Å². The van der Waals surface area contributed by atoms with E-state index in [2.05, 4.69) is 49.2 Å². The molecule has 0 saturated carbocycles. The van der Waals surface area contributed by atoms with E-state index in [1.54, 1.807) is 0 Å². The number of likely N-dealkylation sites (tertiary alicyclic amines) is 1. The third-order valence-electron chi connectivity index (χ3n) is 4.09. The minimum atomic E-state index is 0.728. The van der Waals surface area contributed by atoms with Crippen LogP contribution in [0.1, 0.15) is 36.5 Å². The lowest BCUT2D eigenvalue weighted by atomic mass is 10.1. The Morgan fingerprint density at radius 2 is 2.11 bits per heavy atom. The molecule has 1 heterocycles. The Kier molecular flexibility index (Phi) is 4.79. The lowest BCUT2D eigenvalue weighted by Crippen LogP contribution is -2.37. The number of nitrogens with one attached hydrogen (secondary N) is 1. The Labute approximate surface area is 111 Å². The minimum Gasteiger partial charge on any atom is -0.315 e. The van der Waals surface area contributed by atoms with E-state index in [9.17, 15) is 0 Å². The molecular formula is C16H26N2. The van der Waals surface area contributed by atoms with Gasteiger partial charge in [0.2, 0.25) is 0 Å². The van der Waals surface area contributed by atoms with Crippen molar-refractivity contribution in [3.8, 4) is 0 Å². The molecule has 0 aromatic heterocycles. The van der Waals surface area contributed by atoms with Gasteiger partial charge in [-0.3, -0.25) is 4.90 Å². The maximum absolute atomic E-state index is 3.48.